The van der Waals surface area contributed by atoms with Gasteiger partial charge in [-0.05, 0) is 12.1 Å². The van der Waals surface area contributed by atoms with Crippen molar-refractivity contribution in [2.45, 2.75) is 0 Å². The number of aromatic nitrogens is 1. The quantitative estimate of drug-likeness (QED) is 0.923. The Morgan fingerprint density at radius 3 is 2.75 bits per heavy atom. The lowest BCUT2D eigenvalue weighted by atomic mass is 10.2. The lowest BCUT2D eigenvalue weighted by molar-refractivity contribution is 0.0988. The Morgan fingerprint density at radius 2 is 2.00 bits per heavy atom. The van der Waals surface area contributed by atoms with Crippen LogP contribution in [0.3, 0.4) is 0 Å². The van der Waals surface area contributed by atoms with Gasteiger partial charge in [0.15, 0.2) is 0 Å². The smallest absolute Gasteiger partial charge is 0.294 e. The van der Waals surface area contributed by atoms with Crippen LogP contribution < -0.4 is 10.2 Å². The first-order valence-corrected chi connectivity index (χ1v) is 6.48. The molecule has 6 heteroatoms. The Hall–Kier alpha value is -2.34. The number of nitrogens with zero attached hydrogens (tertiary/aromatic N) is 2. The van der Waals surface area contributed by atoms with Crippen LogP contribution in [0.1, 0.15) is 10.6 Å². The number of amides is 1. The average Bonchev–Trinajstić information content (AvgIpc) is 3.03. The lowest BCUT2D eigenvalue weighted by Gasteiger charge is -2.30. The molecular formula is C14H15N3O3. The second-order valence-electron chi connectivity index (χ2n) is 4.45. The van der Waals surface area contributed by atoms with Crippen LogP contribution in [0.25, 0.3) is 0 Å². The Morgan fingerprint density at radius 1 is 1.20 bits per heavy atom. The minimum absolute atomic E-state index is 0.196. The number of anilines is 2. The first kappa shape index (κ1) is 12.7. The first-order valence-electron chi connectivity index (χ1n) is 6.48. The van der Waals surface area contributed by atoms with Gasteiger partial charge in [0.1, 0.15) is 0 Å². The molecule has 20 heavy (non-hydrogen) atoms. The molecule has 0 atom stereocenters. The third-order valence-electron chi connectivity index (χ3n) is 3.17. The first-order chi connectivity index (χ1) is 9.84. The summed E-state index contributed by atoms with van der Waals surface area (Å²) >= 11 is 0. The number of para-hydroxylation sites is 2. The van der Waals surface area contributed by atoms with Crippen LogP contribution in [-0.2, 0) is 4.74 Å². The van der Waals surface area contributed by atoms with E-state index in [1.807, 2.05) is 24.3 Å². The van der Waals surface area contributed by atoms with Gasteiger partial charge in [-0.2, -0.15) is 0 Å². The number of hydrogen-bond acceptors (Lipinski definition) is 5. The molecule has 1 saturated heterocycles. The molecule has 1 aliphatic heterocycles. The molecule has 0 unspecified atom stereocenters. The molecule has 0 saturated carbocycles. The van der Waals surface area contributed by atoms with Crippen molar-refractivity contribution in [2.75, 3.05) is 36.5 Å². The number of carbonyl (C=O) groups is 1. The number of carbonyl (C=O) groups excluding carboxylic acids is 1. The van der Waals surface area contributed by atoms with E-state index in [4.69, 9.17) is 9.26 Å². The normalized spacial score (nSPS) is 15.1. The van der Waals surface area contributed by atoms with Crippen molar-refractivity contribution in [3.8, 4) is 0 Å². The van der Waals surface area contributed by atoms with Crippen LogP contribution in [0.2, 0.25) is 0 Å². The second kappa shape index (κ2) is 5.75. The highest BCUT2D eigenvalue weighted by Crippen LogP contribution is 2.26. The number of nitrogens with one attached hydrogen (secondary N) is 1. The topological polar surface area (TPSA) is 67.6 Å². The molecule has 3 rings (SSSR count). The second-order valence-corrected chi connectivity index (χ2v) is 4.45. The van der Waals surface area contributed by atoms with Gasteiger partial charge >= 0.3 is 0 Å². The third kappa shape index (κ3) is 2.65. The SMILES string of the molecule is O=C(Nc1ccccc1N1CCOCC1)c1ccno1. The van der Waals surface area contributed by atoms with E-state index in [9.17, 15) is 4.79 Å². The molecule has 1 N–H and O–H groups in total. The van der Waals surface area contributed by atoms with E-state index < -0.39 is 0 Å². The Balaban J connectivity index is 1.80. The zero-order valence-corrected chi connectivity index (χ0v) is 10.9. The summed E-state index contributed by atoms with van der Waals surface area (Å²) in [6.45, 7) is 3.03. The highest BCUT2D eigenvalue weighted by atomic mass is 16.5. The predicted molar refractivity (Wildman–Crippen MR) is 73.9 cm³/mol. The molecule has 1 aliphatic rings. The highest BCUT2D eigenvalue weighted by molar-refractivity contribution is 6.04. The maximum Gasteiger partial charge on any atom is 0.294 e. The van der Waals surface area contributed by atoms with Crippen LogP contribution in [0.15, 0.2) is 41.1 Å². The van der Waals surface area contributed by atoms with Gasteiger partial charge in [-0.3, -0.25) is 4.79 Å². The van der Waals surface area contributed by atoms with Crippen LogP contribution in [0.4, 0.5) is 11.4 Å². The van der Waals surface area contributed by atoms with Crippen molar-refractivity contribution < 1.29 is 14.1 Å². The summed E-state index contributed by atoms with van der Waals surface area (Å²) in [6.07, 6.45) is 1.45. The van der Waals surface area contributed by atoms with Crippen LogP contribution in [-0.4, -0.2) is 37.4 Å². The summed E-state index contributed by atoms with van der Waals surface area (Å²) in [6, 6.07) is 9.24. The lowest BCUT2D eigenvalue weighted by Crippen LogP contribution is -2.36. The molecule has 0 aliphatic carbocycles. The molecule has 1 amide bonds. The minimum Gasteiger partial charge on any atom is -0.378 e. The van der Waals surface area contributed by atoms with E-state index in [-0.39, 0.29) is 11.7 Å². The Bertz CT molecular complexity index is 577. The van der Waals surface area contributed by atoms with E-state index in [1.165, 1.54) is 12.3 Å². The fourth-order valence-electron chi connectivity index (χ4n) is 2.18. The number of benzene rings is 1. The largest absolute Gasteiger partial charge is 0.378 e. The number of ether oxygens (including phenoxy) is 1. The maximum atomic E-state index is 12.0. The zero-order valence-electron chi connectivity index (χ0n) is 10.9. The van der Waals surface area contributed by atoms with E-state index >= 15 is 0 Å². The van der Waals surface area contributed by atoms with Gasteiger partial charge in [0, 0.05) is 19.2 Å². The maximum absolute atomic E-state index is 12.0. The van der Waals surface area contributed by atoms with Gasteiger partial charge in [-0.1, -0.05) is 17.3 Å². The molecule has 0 spiro atoms. The van der Waals surface area contributed by atoms with Gasteiger partial charge in [-0.25, -0.2) is 0 Å². The van der Waals surface area contributed by atoms with Crippen molar-refractivity contribution in [3.63, 3.8) is 0 Å². The predicted octanol–water partition coefficient (Wildman–Crippen LogP) is 1.76. The molecule has 1 fully saturated rings. The number of morpholine rings is 1. The van der Waals surface area contributed by atoms with Crippen molar-refractivity contribution in [1.29, 1.82) is 0 Å². The Kier molecular flexibility index (Phi) is 3.64. The van der Waals surface area contributed by atoms with Gasteiger partial charge in [0.05, 0.1) is 30.8 Å². The van der Waals surface area contributed by atoms with Crippen molar-refractivity contribution in [3.05, 3.63) is 42.3 Å². The molecule has 1 aromatic carbocycles. The van der Waals surface area contributed by atoms with Gasteiger partial charge in [-0.15, -0.1) is 0 Å². The molecule has 0 bridgehead atoms. The van der Waals surface area contributed by atoms with Gasteiger partial charge in [0.2, 0.25) is 5.76 Å². The summed E-state index contributed by atoms with van der Waals surface area (Å²) in [7, 11) is 0. The molecule has 6 nitrogen and oxygen atoms in total. The Labute approximate surface area is 116 Å². The van der Waals surface area contributed by atoms with Gasteiger partial charge in [0.25, 0.3) is 5.91 Å². The highest BCUT2D eigenvalue weighted by Gasteiger charge is 2.17. The molecule has 2 heterocycles. The summed E-state index contributed by atoms with van der Waals surface area (Å²) in [4.78, 5) is 14.2. The summed E-state index contributed by atoms with van der Waals surface area (Å²) in [5.74, 6) is -0.106. The average molecular weight is 273 g/mol. The zero-order chi connectivity index (χ0) is 13.8. The fraction of sp³-hybridized carbons (Fsp3) is 0.286. The monoisotopic (exact) mass is 273 g/mol. The van der Waals surface area contributed by atoms with E-state index in [2.05, 4.69) is 15.4 Å². The van der Waals surface area contributed by atoms with Crippen molar-refractivity contribution in [1.82, 2.24) is 5.16 Å². The van der Waals surface area contributed by atoms with Crippen LogP contribution in [0.5, 0.6) is 0 Å². The van der Waals surface area contributed by atoms with E-state index in [0.717, 1.165) is 24.5 Å². The van der Waals surface area contributed by atoms with Gasteiger partial charge < -0.3 is 19.5 Å². The van der Waals surface area contributed by atoms with E-state index in [1.54, 1.807) is 0 Å². The third-order valence-corrected chi connectivity index (χ3v) is 3.17. The van der Waals surface area contributed by atoms with E-state index in [0.29, 0.717) is 13.2 Å². The summed E-state index contributed by atoms with van der Waals surface area (Å²) in [5.41, 5.74) is 1.75. The van der Waals surface area contributed by atoms with Crippen molar-refractivity contribution >= 4 is 17.3 Å². The number of rotatable bonds is 3. The summed E-state index contributed by atoms with van der Waals surface area (Å²) < 4.78 is 10.2. The van der Waals surface area contributed by atoms with Crippen LogP contribution in [0, 0.1) is 0 Å². The van der Waals surface area contributed by atoms with Crippen LogP contribution >= 0.6 is 0 Å². The molecule has 104 valence electrons. The molecule has 1 aromatic heterocycles. The minimum atomic E-state index is -0.303. The molecular weight excluding hydrogens is 258 g/mol. The fourth-order valence-corrected chi connectivity index (χ4v) is 2.18. The summed E-state index contributed by atoms with van der Waals surface area (Å²) in [5, 5.41) is 6.39. The molecule has 2 aromatic rings. The molecule has 0 radical (unpaired) electrons. The number of hydrogen-bond donors (Lipinski definition) is 1. The van der Waals surface area contributed by atoms with Crippen molar-refractivity contribution in [2.24, 2.45) is 0 Å². The standard InChI is InChI=1S/C14H15N3O3/c18-14(13-5-6-15-20-13)16-11-3-1-2-4-12(11)17-7-9-19-10-8-17/h1-6H,7-10H2,(H,16,18).